The number of methoxy groups -OCH3 is 2. The zero-order chi connectivity index (χ0) is 32.8. The van der Waals surface area contributed by atoms with Gasteiger partial charge >= 0.3 is 6.18 Å². The molecule has 2 aliphatic heterocycles. The number of β-amino-alcohol motifs (C(OH)–C–C–N with tert-alkyl or cyclic N) is 1. The SMILES string of the molecule is COc1cc(N2CCN(C(C)=O)CC2)ccc1Nc1ncc(C(F)(F)F)c(Nc2ccc(N3CCN(CCO)CC3)cc2OC)n1. The normalized spacial score (nSPS) is 15.9. The molecule has 3 heterocycles. The molecule has 0 radical (unpaired) electrons. The van der Waals surface area contributed by atoms with Crippen molar-refractivity contribution in [3.63, 3.8) is 0 Å². The third kappa shape index (κ3) is 7.65. The lowest BCUT2D eigenvalue weighted by molar-refractivity contribution is -0.137. The first-order valence-corrected chi connectivity index (χ1v) is 15.0. The molecule has 5 rings (SSSR count). The van der Waals surface area contributed by atoms with Crippen LogP contribution in [0.4, 0.5) is 47.7 Å². The lowest BCUT2D eigenvalue weighted by atomic mass is 10.2. The predicted molar refractivity (Wildman–Crippen MR) is 170 cm³/mol. The van der Waals surface area contributed by atoms with Gasteiger partial charge in [-0.25, -0.2) is 4.98 Å². The second-order valence-electron chi connectivity index (χ2n) is 11.0. The van der Waals surface area contributed by atoms with Gasteiger partial charge in [0.15, 0.2) is 0 Å². The summed E-state index contributed by atoms with van der Waals surface area (Å²) in [5.74, 6) is 0.361. The molecule has 2 aliphatic rings. The van der Waals surface area contributed by atoms with E-state index in [9.17, 15) is 23.1 Å². The van der Waals surface area contributed by atoms with Gasteiger partial charge in [0, 0.05) is 95.5 Å². The molecule has 12 nitrogen and oxygen atoms in total. The Morgan fingerprint density at radius 1 is 0.870 bits per heavy atom. The van der Waals surface area contributed by atoms with Gasteiger partial charge in [0.25, 0.3) is 0 Å². The first-order chi connectivity index (χ1) is 22.1. The Hall–Kier alpha value is -4.50. The molecule has 0 spiro atoms. The number of aliphatic hydroxyl groups is 1. The summed E-state index contributed by atoms with van der Waals surface area (Å²) >= 11 is 0. The molecule has 46 heavy (non-hydrogen) atoms. The van der Waals surface area contributed by atoms with Gasteiger partial charge in [-0.05, 0) is 24.3 Å². The van der Waals surface area contributed by atoms with Crippen LogP contribution in [-0.2, 0) is 11.0 Å². The summed E-state index contributed by atoms with van der Waals surface area (Å²) in [6.45, 7) is 7.92. The number of aromatic nitrogens is 2. The summed E-state index contributed by atoms with van der Waals surface area (Å²) in [5.41, 5.74) is 1.52. The van der Waals surface area contributed by atoms with Crippen LogP contribution in [0.1, 0.15) is 12.5 Å². The lowest BCUT2D eigenvalue weighted by Crippen LogP contribution is -2.48. The van der Waals surface area contributed by atoms with E-state index in [1.54, 1.807) is 30.0 Å². The van der Waals surface area contributed by atoms with Crippen LogP contribution >= 0.6 is 0 Å². The Kier molecular flexibility index (Phi) is 10.2. The number of aliphatic hydroxyl groups excluding tert-OH is 1. The van der Waals surface area contributed by atoms with E-state index in [2.05, 4.69) is 35.3 Å². The fourth-order valence-corrected chi connectivity index (χ4v) is 5.60. The highest BCUT2D eigenvalue weighted by Gasteiger charge is 2.36. The molecular formula is C31H39F3N8O4. The average molecular weight is 645 g/mol. The topological polar surface area (TPSA) is 119 Å². The van der Waals surface area contributed by atoms with Crippen LogP contribution in [0.2, 0.25) is 0 Å². The fourth-order valence-electron chi connectivity index (χ4n) is 5.60. The number of halogens is 3. The largest absolute Gasteiger partial charge is 0.494 e. The summed E-state index contributed by atoms with van der Waals surface area (Å²) < 4.78 is 53.3. The molecule has 3 N–H and O–H groups in total. The number of hydrogen-bond acceptors (Lipinski definition) is 11. The Labute approximate surface area is 265 Å². The van der Waals surface area contributed by atoms with E-state index in [0.717, 1.165) is 43.8 Å². The van der Waals surface area contributed by atoms with Gasteiger partial charge in [-0.2, -0.15) is 18.2 Å². The minimum atomic E-state index is -4.71. The predicted octanol–water partition coefficient (Wildman–Crippen LogP) is 3.78. The first-order valence-electron chi connectivity index (χ1n) is 15.0. The standard InChI is InChI=1S/C31H39F3N8O4/c1-21(44)40-12-14-42(15-13-40)23-5-7-26(28(19-23)46-3)37-30-35-20-24(31(32,33)34)29(38-30)36-25-6-4-22(18-27(25)45-2)41-10-8-39(9-11-41)16-17-43/h4-7,18-20,43H,8-17H2,1-3H3,(H2,35,36,37,38). The minimum Gasteiger partial charge on any atom is -0.494 e. The van der Waals surface area contributed by atoms with E-state index < -0.39 is 17.6 Å². The van der Waals surface area contributed by atoms with Crippen molar-refractivity contribution in [3.8, 4) is 11.5 Å². The van der Waals surface area contributed by atoms with Gasteiger partial charge in [-0.3, -0.25) is 9.69 Å². The number of carbonyl (C=O) groups is 1. The van der Waals surface area contributed by atoms with E-state index in [-0.39, 0.29) is 18.5 Å². The summed E-state index contributed by atoms with van der Waals surface area (Å²) in [4.78, 5) is 28.1. The van der Waals surface area contributed by atoms with Crippen LogP contribution in [0.3, 0.4) is 0 Å². The second kappa shape index (κ2) is 14.3. The molecule has 2 saturated heterocycles. The summed E-state index contributed by atoms with van der Waals surface area (Å²) in [5, 5.41) is 15.0. The van der Waals surface area contributed by atoms with E-state index in [1.807, 2.05) is 18.2 Å². The number of nitrogens with zero attached hydrogens (tertiary/aromatic N) is 6. The number of anilines is 6. The van der Waals surface area contributed by atoms with Crippen molar-refractivity contribution < 1.29 is 32.5 Å². The zero-order valence-corrected chi connectivity index (χ0v) is 26.1. The number of benzene rings is 2. The van der Waals surface area contributed by atoms with Crippen LogP contribution in [0.25, 0.3) is 0 Å². The molecule has 248 valence electrons. The van der Waals surface area contributed by atoms with Crippen molar-refractivity contribution in [2.45, 2.75) is 13.1 Å². The minimum absolute atomic E-state index is 0.0436. The van der Waals surface area contributed by atoms with Crippen LogP contribution < -0.4 is 29.9 Å². The average Bonchev–Trinajstić information content (AvgIpc) is 3.05. The third-order valence-corrected chi connectivity index (χ3v) is 8.21. The molecule has 15 heteroatoms. The Morgan fingerprint density at radius 2 is 1.41 bits per heavy atom. The lowest BCUT2D eigenvalue weighted by Gasteiger charge is -2.36. The maximum atomic E-state index is 14.0. The van der Waals surface area contributed by atoms with Gasteiger partial charge < -0.3 is 39.9 Å². The van der Waals surface area contributed by atoms with Gasteiger partial charge in [-0.1, -0.05) is 0 Å². The molecule has 2 fully saturated rings. The number of hydrogen-bond donors (Lipinski definition) is 3. The van der Waals surface area contributed by atoms with E-state index in [1.165, 1.54) is 14.2 Å². The molecule has 0 saturated carbocycles. The molecule has 3 aromatic rings. The molecule has 0 bridgehead atoms. The summed E-state index contributed by atoms with van der Waals surface area (Å²) in [6.07, 6.45) is -3.98. The molecule has 1 amide bonds. The van der Waals surface area contributed by atoms with Crippen LogP contribution in [0.15, 0.2) is 42.6 Å². The van der Waals surface area contributed by atoms with Crippen LogP contribution in [-0.4, -0.2) is 111 Å². The number of alkyl halides is 3. The van der Waals surface area contributed by atoms with Crippen molar-refractivity contribution in [3.05, 3.63) is 48.2 Å². The zero-order valence-electron chi connectivity index (χ0n) is 26.1. The van der Waals surface area contributed by atoms with Gasteiger partial charge in [-0.15, -0.1) is 0 Å². The molecule has 1 aromatic heterocycles. The monoisotopic (exact) mass is 644 g/mol. The van der Waals surface area contributed by atoms with Crippen molar-refractivity contribution in [2.24, 2.45) is 0 Å². The van der Waals surface area contributed by atoms with Crippen LogP contribution in [0, 0.1) is 0 Å². The maximum Gasteiger partial charge on any atom is 0.421 e. The quantitative estimate of drug-likeness (QED) is 0.299. The second-order valence-corrected chi connectivity index (χ2v) is 11.0. The van der Waals surface area contributed by atoms with Crippen molar-refractivity contribution in [2.75, 3.05) is 100 Å². The number of amides is 1. The van der Waals surface area contributed by atoms with Gasteiger partial charge in [0.05, 0.1) is 32.2 Å². The summed E-state index contributed by atoms with van der Waals surface area (Å²) in [6, 6.07) is 10.7. The third-order valence-electron chi connectivity index (χ3n) is 8.21. The number of carbonyl (C=O) groups excluding carboxylic acids is 1. The number of rotatable bonds is 10. The Morgan fingerprint density at radius 3 is 1.91 bits per heavy atom. The number of ether oxygens (including phenoxy) is 2. The fraction of sp³-hybridized carbons (Fsp3) is 0.452. The van der Waals surface area contributed by atoms with Crippen molar-refractivity contribution >= 4 is 40.4 Å². The highest BCUT2D eigenvalue weighted by molar-refractivity contribution is 5.74. The molecule has 2 aromatic carbocycles. The molecule has 0 unspecified atom stereocenters. The van der Waals surface area contributed by atoms with Crippen molar-refractivity contribution in [1.29, 1.82) is 0 Å². The smallest absolute Gasteiger partial charge is 0.421 e. The van der Waals surface area contributed by atoms with Gasteiger partial charge in [0.1, 0.15) is 22.9 Å². The Bertz CT molecular complexity index is 1510. The maximum absolute atomic E-state index is 14.0. The van der Waals surface area contributed by atoms with Crippen LogP contribution in [0.5, 0.6) is 11.5 Å². The highest BCUT2D eigenvalue weighted by atomic mass is 19.4. The number of piperazine rings is 2. The first kappa shape index (κ1) is 32.9. The summed E-state index contributed by atoms with van der Waals surface area (Å²) in [7, 11) is 2.96. The Balaban J connectivity index is 1.35. The van der Waals surface area contributed by atoms with Gasteiger partial charge in [0.2, 0.25) is 11.9 Å². The highest BCUT2D eigenvalue weighted by Crippen LogP contribution is 2.39. The van der Waals surface area contributed by atoms with E-state index in [4.69, 9.17) is 9.47 Å². The van der Waals surface area contributed by atoms with E-state index >= 15 is 0 Å². The molecule has 0 atom stereocenters. The molecule has 0 aliphatic carbocycles. The number of nitrogens with one attached hydrogen (secondary N) is 2. The molecular weight excluding hydrogens is 605 g/mol. The van der Waals surface area contributed by atoms with E-state index in [0.29, 0.717) is 55.6 Å². The van der Waals surface area contributed by atoms with Crippen molar-refractivity contribution in [1.82, 2.24) is 19.8 Å².